The summed E-state index contributed by atoms with van der Waals surface area (Å²) >= 11 is 1.89. The number of aryl methyl sites for hydroxylation is 1. The van der Waals surface area contributed by atoms with Gasteiger partial charge in [0.15, 0.2) is 12.5 Å². The van der Waals surface area contributed by atoms with Gasteiger partial charge in [0, 0.05) is 31.7 Å². The molecule has 0 N–H and O–H groups in total. The Morgan fingerprint density at radius 3 is 1.84 bits per heavy atom. The van der Waals surface area contributed by atoms with Crippen molar-refractivity contribution < 1.29 is 14.2 Å². The van der Waals surface area contributed by atoms with Gasteiger partial charge in [0.2, 0.25) is 5.43 Å². The molecule has 6 heteroatoms. The van der Waals surface area contributed by atoms with Gasteiger partial charge in [0.05, 0.1) is 23.7 Å². The lowest BCUT2D eigenvalue weighted by Gasteiger charge is -2.35. The minimum absolute atomic E-state index is 0.0112. The van der Waals surface area contributed by atoms with Crippen LogP contribution in [0.2, 0.25) is 0 Å². The van der Waals surface area contributed by atoms with Crippen LogP contribution in [0.15, 0.2) is 108 Å². The zero-order chi connectivity index (χ0) is 25.9. The third-order valence-electron chi connectivity index (χ3n) is 6.30. The van der Waals surface area contributed by atoms with Crippen LogP contribution >= 0.6 is 11.8 Å². The maximum Gasteiger partial charge on any atom is 0.223 e. The molecule has 0 aliphatic rings. The smallest absolute Gasteiger partial charge is 0.223 e. The largest absolute Gasteiger partial charge is 0.462 e. The lowest BCUT2D eigenvalue weighted by molar-refractivity contribution is -0.00956. The summed E-state index contributed by atoms with van der Waals surface area (Å²) in [5.74, 6) is 1.14. The van der Waals surface area contributed by atoms with Crippen molar-refractivity contribution in [3.05, 3.63) is 136 Å². The Morgan fingerprint density at radius 1 is 0.784 bits per heavy atom. The third-order valence-corrected chi connectivity index (χ3v) is 7.83. The summed E-state index contributed by atoms with van der Waals surface area (Å²) in [6.07, 6.45) is 1.84. The summed E-state index contributed by atoms with van der Waals surface area (Å²) in [5.41, 5.74) is 4.32. The Kier molecular flexibility index (Phi) is 9.60. The average molecular weight is 516 g/mol. The van der Waals surface area contributed by atoms with Gasteiger partial charge in [-0.05, 0) is 23.6 Å². The molecule has 4 rings (SSSR count). The highest BCUT2D eigenvalue weighted by atomic mass is 32.2. The Bertz CT molecular complexity index is 1200. The van der Waals surface area contributed by atoms with Crippen LogP contribution in [0.4, 0.5) is 0 Å². The molecule has 0 saturated carbocycles. The minimum Gasteiger partial charge on any atom is -0.462 e. The number of hydrogen-bond acceptors (Lipinski definition) is 5. The molecule has 192 valence electrons. The first kappa shape index (κ1) is 26.7. The molecule has 0 atom stereocenters. The van der Waals surface area contributed by atoms with E-state index in [1.54, 1.807) is 13.2 Å². The summed E-state index contributed by atoms with van der Waals surface area (Å²) < 4.78 is 17.8. The minimum atomic E-state index is -0.384. The highest BCUT2D eigenvalue weighted by molar-refractivity contribution is 8.00. The van der Waals surface area contributed by atoms with Crippen molar-refractivity contribution in [2.75, 3.05) is 32.9 Å². The Morgan fingerprint density at radius 2 is 1.32 bits per heavy atom. The molecule has 5 nitrogen and oxygen atoms in total. The van der Waals surface area contributed by atoms with Crippen LogP contribution in [-0.4, -0.2) is 37.4 Å². The van der Waals surface area contributed by atoms with Gasteiger partial charge in [-0.25, -0.2) is 0 Å². The first-order valence-electron chi connectivity index (χ1n) is 12.4. The van der Waals surface area contributed by atoms with Crippen LogP contribution in [0.3, 0.4) is 0 Å². The second-order valence-electron chi connectivity index (χ2n) is 8.58. The number of pyridine rings is 1. The van der Waals surface area contributed by atoms with Crippen molar-refractivity contribution in [1.29, 1.82) is 0 Å². The van der Waals surface area contributed by atoms with Gasteiger partial charge in [0.1, 0.15) is 0 Å². The molecule has 3 aromatic carbocycles. The van der Waals surface area contributed by atoms with E-state index in [4.69, 9.17) is 14.2 Å². The average Bonchev–Trinajstić information content (AvgIpc) is 2.95. The van der Waals surface area contributed by atoms with E-state index < -0.39 is 0 Å². The van der Waals surface area contributed by atoms with E-state index in [2.05, 4.69) is 95.6 Å². The second kappa shape index (κ2) is 13.3. The fraction of sp³-hybridized carbons (Fsp3) is 0.258. The molecule has 0 fully saturated rings. The monoisotopic (exact) mass is 515 g/mol. The fourth-order valence-electron chi connectivity index (χ4n) is 4.44. The molecular weight excluding hydrogens is 482 g/mol. The number of ether oxygens (including phenoxy) is 3. The quantitative estimate of drug-likeness (QED) is 0.126. The second-order valence-corrected chi connectivity index (χ2v) is 9.89. The van der Waals surface area contributed by atoms with Gasteiger partial charge < -0.3 is 18.8 Å². The molecular formula is C31H33NO4S. The van der Waals surface area contributed by atoms with E-state index in [-0.39, 0.29) is 17.0 Å². The zero-order valence-corrected chi connectivity index (χ0v) is 22.2. The molecule has 37 heavy (non-hydrogen) atoms. The lowest BCUT2D eigenvalue weighted by atomic mass is 9.84. The van der Waals surface area contributed by atoms with Gasteiger partial charge in [-0.1, -0.05) is 91.0 Å². The van der Waals surface area contributed by atoms with Crippen LogP contribution in [0.5, 0.6) is 5.75 Å². The van der Waals surface area contributed by atoms with Gasteiger partial charge in [-0.2, -0.15) is 0 Å². The van der Waals surface area contributed by atoms with Crippen molar-refractivity contribution >= 4 is 11.8 Å². The molecule has 1 heterocycles. The molecule has 0 radical (unpaired) electrons. The zero-order valence-electron chi connectivity index (χ0n) is 21.3. The summed E-state index contributed by atoms with van der Waals surface area (Å²) in [6, 6.07) is 33.5. The number of hydrogen-bond donors (Lipinski definition) is 0. The predicted octanol–water partition coefficient (Wildman–Crippen LogP) is 5.88. The normalized spacial score (nSPS) is 11.4. The molecule has 0 unspecified atom stereocenters. The van der Waals surface area contributed by atoms with Gasteiger partial charge >= 0.3 is 0 Å². The number of aromatic nitrogens is 1. The number of rotatable bonds is 13. The van der Waals surface area contributed by atoms with Crippen molar-refractivity contribution in [3.8, 4) is 5.75 Å². The maximum atomic E-state index is 12.5. The first-order chi connectivity index (χ1) is 18.2. The lowest BCUT2D eigenvalue weighted by Crippen LogP contribution is -2.27. The molecule has 0 aliphatic carbocycles. The fourth-order valence-corrected chi connectivity index (χ4v) is 5.94. The highest BCUT2D eigenvalue weighted by Crippen LogP contribution is 2.48. The van der Waals surface area contributed by atoms with Crippen LogP contribution < -0.4 is 10.2 Å². The molecule has 1 aromatic heterocycles. The Labute approximate surface area is 223 Å². The van der Waals surface area contributed by atoms with Crippen molar-refractivity contribution in [2.24, 2.45) is 0 Å². The van der Waals surface area contributed by atoms with E-state index in [0.29, 0.717) is 25.5 Å². The third kappa shape index (κ3) is 6.34. The summed E-state index contributed by atoms with van der Waals surface area (Å²) in [4.78, 5) is 12.5. The van der Waals surface area contributed by atoms with Crippen molar-refractivity contribution in [3.63, 3.8) is 0 Å². The van der Waals surface area contributed by atoms with Crippen LogP contribution in [0.1, 0.15) is 22.4 Å². The molecule has 4 aromatic rings. The van der Waals surface area contributed by atoms with E-state index in [9.17, 15) is 4.79 Å². The maximum absolute atomic E-state index is 12.5. The van der Waals surface area contributed by atoms with E-state index >= 15 is 0 Å². The highest BCUT2D eigenvalue weighted by Gasteiger charge is 2.36. The predicted molar refractivity (Wildman–Crippen MR) is 150 cm³/mol. The van der Waals surface area contributed by atoms with Crippen LogP contribution in [0.25, 0.3) is 0 Å². The van der Waals surface area contributed by atoms with E-state index in [1.165, 1.54) is 16.7 Å². The van der Waals surface area contributed by atoms with Gasteiger partial charge in [-0.3, -0.25) is 4.79 Å². The number of nitrogens with zero attached hydrogens (tertiary/aromatic N) is 1. The topological polar surface area (TPSA) is 49.7 Å². The summed E-state index contributed by atoms with van der Waals surface area (Å²) in [5, 5.41) is 0. The Hall–Kier alpha value is -3.32. The van der Waals surface area contributed by atoms with Crippen LogP contribution in [0, 0.1) is 6.92 Å². The van der Waals surface area contributed by atoms with E-state index in [1.807, 2.05) is 24.9 Å². The van der Waals surface area contributed by atoms with E-state index in [0.717, 1.165) is 11.4 Å². The molecule has 0 bridgehead atoms. The number of benzene rings is 3. The SMILES string of the molecule is COCCOCOc1c(C)n(CCSC(c2ccccc2)(c2ccccc2)c2ccccc2)ccc1=O. The number of methoxy groups -OCH3 is 1. The Balaban J connectivity index is 1.61. The van der Waals surface area contributed by atoms with Crippen LogP contribution in [-0.2, 0) is 20.8 Å². The summed E-state index contributed by atoms with van der Waals surface area (Å²) in [7, 11) is 1.62. The standard InChI is InChI=1S/C31H33NO4S/c1-25-30(36-24-35-22-21-34-2)29(33)18-19-32(25)20-23-37-31(26-12-6-3-7-13-26,27-14-8-4-9-15-27)28-16-10-5-11-17-28/h3-19H,20-24H2,1-2H3. The first-order valence-corrected chi connectivity index (χ1v) is 13.4. The number of thioether (sulfide) groups is 1. The van der Waals surface area contributed by atoms with Crippen molar-refractivity contribution in [1.82, 2.24) is 4.57 Å². The molecule has 0 saturated heterocycles. The molecule has 0 aliphatic heterocycles. The molecule has 0 spiro atoms. The van der Waals surface area contributed by atoms with Gasteiger partial charge in [0.25, 0.3) is 0 Å². The van der Waals surface area contributed by atoms with Gasteiger partial charge in [-0.15, -0.1) is 11.8 Å². The molecule has 0 amide bonds. The van der Waals surface area contributed by atoms with Crippen molar-refractivity contribution in [2.45, 2.75) is 18.2 Å². The summed E-state index contributed by atoms with van der Waals surface area (Å²) in [6.45, 7) is 3.52.